The number of aromatic nitrogens is 1. The van der Waals surface area contributed by atoms with Gasteiger partial charge in [-0.15, -0.1) is 11.8 Å². The Labute approximate surface area is 105 Å². The van der Waals surface area contributed by atoms with Crippen molar-refractivity contribution in [2.75, 3.05) is 11.5 Å². The fourth-order valence-corrected chi connectivity index (χ4v) is 2.47. The smallest absolute Gasteiger partial charge is 0.123 e. The second-order valence-electron chi connectivity index (χ2n) is 3.85. The second-order valence-corrected chi connectivity index (χ2v) is 4.87. The molecule has 0 fully saturated rings. The van der Waals surface area contributed by atoms with Crippen LogP contribution in [0.4, 0.5) is 11.5 Å². The molecule has 0 spiro atoms. The third-order valence-corrected chi connectivity index (χ3v) is 3.80. The largest absolute Gasteiger partial charge is 0.398 e. The predicted octanol–water partition coefficient (Wildman–Crippen LogP) is 2.85. The van der Waals surface area contributed by atoms with Crippen molar-refractivity contribution < 1.29 is 0 Å². The van der Waals surface area contributed by atoms with Gasteiger partial charge in [0.25, 0.3) is 0 Å². The highest BCUT2D eigenvalue weighted by Gasteiger charge is 2.02. The first kappa shape index (κ1) is 11.8. The van der Waals surface area contributed by atoms with Gasteiger partial charge in [0, 0.05) is 22.5 Å². The Hall–Kier alpha value is -1.68. The quantitative estimate of drug-likeness (QED) is 0.644. The highest BCUT2D eigenvalue weighted by molar-refractivity contribution is 7.98. The van der Waals surface area contributed by atoms with Crippen LogP contribution >= 0.6 is 11.8 Å². The summed E-state index contributed by atoms with van der Waals surface area (Å²) in [7, 11) is 0. The van der Waals surface area contributed by atoms with Gasteiger partial charge in [0.2, 0.25) is 0 Å². The van der Waals surface area contributed by atoms with Gasteiger partial charge >= 0.3 is 0 Å². The van der Waals surface area contributed by atoms with Gasteiger partial charge in [0.15, 0.2) is 0 Å². The van der Waals surface area contributed by atoms with E-state index in [1.807, 2.05) is 37.4 Å². The van der Waals surface area contributed by atoms with Crippen molar-refractivity contribution in [1.82, 2.24) is 4.98 Å². The summed E-state index contributed by atoms with van der Waals surface area (Å²) in [6.07, 6.45) is 1.81. The van der Waals surface area contributed by atoms with Crippen molar-refractivity contribution in [3.05, 3.63) is 47.7 Å². The Kier molecular flexibility index (Phi) is 3.54. The third kappa shape index (κ3) is 2.91. The van der Waals surface area contributed by atoms with Crippen LogP contribution in [-0.2, 0) is 5.75 Å². The lowest BCUT2D eigenvalue weighted by Crippen LogP contribution is -1.92. The van der Waals surface area contributed by atoms with E-state index < -0.39 is 0 Å². The van der Waals surface area contributed by atoms with Crippen LogP contribution in [0, 0.1) is 6.92 Å². The van der Waals surface area contributed by atoms with Crippen molar-refractivity contribution in [2.45, 2.75) is 17.6 Å². The van der Waals surface area contributed by atoms with Gasteiger partial charge in [-0.25, -0.2) is 4.98 Å². The molecule has 0 unspecified atom stereocenters. The standard InChI is InChI=1S/C13H15N3S/c1-9-11(14)3-2-4-12(9)17-8-10-5-6-13(15)16-7-10/h2-7H,8,14H2,1H3,(H2,15,16). The average Bonchev–Trinajstić information content (AvgIpc) is 2.33. The zero-order valence-corrected chi connectivity index (χ0v) is 10.5. The molecule has 2 aromatic rings. The van der Waals surface area contributed by atoms with E-state index in [0.29, 0.717) is 5.82 Å². The number of hydrogen-bond donors (Lipinski definition) is 2. The fourth-order valence-electron chi connectivity index (χ4n) is 1.47. The van der Waals surface area contributed by atoms with E-state index in [0.717, 1.165) is 22.6 Å². The van der Waals surface area contributed by atoms with E-state index in [1.54, 1.807) is 11.8 Å². The van der Waals surface area contributed by atoms with Crippen molar-refractivity contribution in [1.29, 1.82) is 0 Å². The first-order valence-corrected chi connectivity index (χ1v) is 6.33. The molecule has 0 aliphatic rings. The van der Waals surface area contributed by atoms with Crippen LogP contribution < -0.4 is 11.5 Å². The summed E-state index contributed by atoms with van der Waals surface area (Å²) >= 11 is 1.76. The molecule has 3 nitrogen and oxygen atoms in total. The van der Waals surface area contributed by atoms with Crippen LogP contribution in [0.15, 0.2) is 41.4 Å². The van der Waals surface area contributed by atoms with E-state index >= 15 is 0 Å². The average molecular weight is 245 g/mol. The molecule has 88 valence electrons. The number of pyridine rings is 1. The maximum atomic E-state index is 5.87. The lowest BCUT2D eigenvalue weighted by atomic mass is 10.2. The molecule has 0 bridgehead atoms. The van der Waals surface area contributed by atoms with E-state index in [4.69, 9.17) is 11.5 Å². The Morgan fingerprint density at radius 2 is 2.00 bits per heavy atom. The minimum atomic E-state index is 0.555. The summed E-state index contributed by atoms with van der Waals surface area (Å²) in [6.45, 7) is 2.04. The zero-order valence-electron chi connectivity index (χ0n) is 9.68. The molecule has 0 saturated heterocycles. The number of hydrogen-bond acceptors (Lipinski definition) is 4. The molecule has 0 aliphatic heterocycles. The van der Waals surface area contributed by atoms with E-state index in [2.05, 4.69) is 11.1 Å². The predicted molar refractivity (Wildman–Crippen MR) is 73.8 cm³/mol. The van der Waals surface area contributed by atoms with Gasteiger partial charge < -0.3 is 11.5 Å². The van der Waals surface area contributed by atoms with Crippen LogP contribution in [0.3, 0.4) is 0 Å². The van der Waals surface area contributed by atoms with Crippen molar-refractivity contribution >= 4 is 23.3 Å². The summed E-state index contributed by atoms with van der Waals surface area (Å²) in [5.74, 6) is 1.43. The minimum absolute atomic E-state index is 0.555. The van der Waals surface area contributed by atoms with Crippen LogP contribution in [0.1, 0.15) is 11.1 Å². The normalized spacial score (nSPS) is 10.4. The topological polar surface area (TPSA) is 64.9 Å². The summed E-state index contributed by atoms with van der Waals surface area (Å²) in [5, 5.41) is 0. The molecule has 0 saturated carbocycles. The second kappa shape index (κ2) is 5.10. The highest BCUT2D eigenvalue weighted by Crippen LogP contribution is 2.28. The minimum Gasteiger partial charge on any atom is -0.398 e. The molecule has 0 radical (unpaired) electrons. The van der Waals surface area contributed by atoms with Gasteiger partial charge in [0.05, 0.1) is 0 Å². The van der Waals surface area contributed by atoms with Crippen molar-refractivity contribution in [3.63, 3.8) is 0 Å². The molecule has 0 atom stereocenters. The molecule has 17 heavy (non-hydrogen) atoms. The third-order valence-electron chi connectivity index (χ3n) is 2.57. The molecule has 4 N–H and O–H groups in total. The van der Waals surface area contributed by atoms with Crippen LogP contribution in [0.5, 0.6) is 0 Å². The monoisotopic (exact) mass is 245 g/mol. The van der Waals surface area contributed by atoms with Gasteiger partial charge in [-0.2, -0.15) is 0 Å². The molecule has 0 amide bonds. The highest BCUT2D eigenvalue weighted by atomic mass is 32.2. The number of nitrogens with two attached hydrogens (primary N) is 2. The summed E-state index contributed by atoms with van der Waals surface area (Å²) < 4.78 is 0. The number of rotatable bonds is 3. The van der Waals surface area contributed by atoms with E-state index in [-0.39, 0.29) is 0 Å². The van der Waals surface area contributed by atoms with Crippen LogP contribution in [-0.4, -0.2) is 4.98 Å². The summed E-state index contributed by atoms with van der Waals surface area (Å²) in [5.41, 5.74) is 14.5. The molecule has 2 rings (SSSR count). The van der Waals surface area contributed by atoms with Crippen molar-refractivity contribution in [3.8, 4) is 0 Å². The van der Waals surface area contributed by atoms with Gasteiger partial charge in [-0.1, -0.05) is 12.1 Å². The number of nitrogens with zero attached hydrogens (tertiary/aromatic N) is 1. The Morgan fingerprint density at radius 1 is 1.18 bits per heavy atom. The van der Waals surface area contributed by atoms with Gasteiger partial charge in [0.1, 0.15) is 5.82 Å². The molecular weight excluding hydrogens is 230 g/mol. The van der Waals surface area contributed by atoms with E-state index in [1.165, 1.54) is 4.90 Å². The molecule has 1 aromatic carbocycles. The van der Waals surface area contributed by atoms with Crippen molar-refractivity contribution in [2.24, 2.45) is 0 Å². The Morgan fingerprint density at radius 3 is 2.71 bits per heavy atom. The Bertz CT molecular complexity index is 509. The lowest BCUT2D eigenvalue weighted by Gasteiger charge is -2.07. The summed E-state index contributed by atoms with van der Waals surface area (Å²) in [4.78, 5) is 5.28. The van der Waals surface area contributed by atoms with Crippen LogP contribution in [0.2, 0.25) is 0 Å². The first-order chi connectivity index (χ1) is 8.16. The van der Waals surface area contributed by atoms with E-state index in [9.17, 15) is 0 Å². The van der Waals surface area contributed by atoms with Gasteiger partial charge in [-0.3, -0.25) is 0 Å². The number of anilines is 2. The lowest BCUT2D eigenvalue weighted by molar-refractivity contribution is 1.25. The molecule has 1 aromatic heterocycles. The molecule has 1 heterocycles. The molecular formula is C13H15N3S. The zero-order chi connectivity index (χ0) is 12.3. The maximum absolute atomic E-state index is 5.87. The Balaban J connectivity index is 2.07. The molecule has 0 aliphatic carbocycles. The first-order valence-electron chi connectivity index (χ1n) is 5.35. The van der Waals surface area contributed by atoms with Gasteiger partial charge in [-0.05, 0) is 36.2 Å². The number of benzene rings is 1. The van der Waals surface area contributed by atoms with Crippen LogP contribution in [0.25, 0.3) is 0 Å². The number of thioether (sulfide) groups is 1. The summed E-state index contributed by atoms with van der Waals surface area (Å²) in [6, 6.07) is 9.80. The number of nitrogen functional groups attached to an aromatic ring is 2. The fraction of sp³-hybridized carbons (Fsp3) is 0.154. The maximum Gasteiger partial charge on any atom is 0.123 e. The molecule has 4 heteroatoms. The SMILES string of the molecule is Cc1c(N)cccc1SCc1ccc(N)nc1.